The Morgan fingerprint density at radius 3 is 2.53 bits per heavy atom. The van der Waals surface area contributed by atoms with E-state index in [9.17, 15) is 4.79 Å². The molecule has 0 saturated carbocycles. The van der Waals surface area contributed by atoms with Gasteiger partial charge in [0.1, 0.15) is 0 Å². The van der Waals surface area contributed by atoms with Crippen LogP contribution in [-0.4, -0.2) is 17.1 Å². The van der Waals surface area contributed by atoms with Crippen molar-refractivity contribution in [2.24, 2.45) is 4.99 Å². The second-order valence-corrected chi connectivity index (χ2v) is 3.73. The fourth-order valence-electron chi connectivity index (χ4n) is 1.22. The zero-order valence-corrected chi connectivity index (χ0v) is 9.92. The molecule has 4 nitrogen and oxygen atoms in total. The predicted molar refractivity (Wildman–Crippen MR) is 69.4 cm³/mol. The third-order valence-electron chi connectivity index (χ3n) is 1.99. The van der Waals surface area contributed by atoms with Crippen molar-refractivity contribution < 1.29 is 4.79 Å². The van der Waals surface area contributed by atoms with E-state index in [1.165, 1.54) is 6.08 Å². The Morgan fingerprint density at radius 1 is 1.29 bits per heavy atom. The maximum Gasteiger partial charge on any atom is 0.235 e. The molecule has 1 heterocycles. The van der Waals surface area contributed by atoms with Crippen LogP contribution in [0, 0.1) is 0 Å². The molecule has 0 fully saturated rings. The highest BCUT2D eigenvalue weighted by Crippen LogP contribution is 2.16. The number of nitrogens with zero attached hydrogens (tertiary/aromatic N) is 2. The molecule has 0 radical (unpaired) electrons. The van der Waals surface area contributed by atoms with Gasteiger partial charge in [-0.3, -0.25) is 4.98 Å². The van der Waals surface area contributed by atoms with Gasteiger partial charge in [-0.15, -0.1) is 0 Å². The minimum absolute atomic E-state index is 0.0995. The van der Waals surface area contributed by atoms with Gasteiger partial charge in [0, 0.05) is 17.3 Å². The smallest absolute Gasteiger partial charge is 0.235 e. The SMILES string of the molecule is CC(C)N=C=O.Nc1ccnc2ccccc12. The van der Waals surface area contributed by atoms with Gasteiger partial charge >= 0.3 is 0 Å². The summed E-state index contributed by atoms with van der Waals surface area (Å²) in [6.45, 7) is 3.65. The number of fused-ring (bicyclic) bond motifs is 1. The Kier molecular flexibility index (Phi) is 4.85. The standard InChI is InChI=1S/C9H8N2.C4H7NO/c10-8-5-6-11-9-4-2-1-3-7(8)9;1-4(2)5-3-6/h1-6H,(H2,10,11);4H,1-2H3. The van der Waals surface area contributed by atoms with Gasteiger partial charge in [0.2, 0.25) is 6.08 Å². The summed E-state index contributed by atoms with van der Waals surface area (Å²) >= 11 is 0. The Hall–Kier alpha value is -2.19. The fourth-order valence-corrected chi connectivity index (χ4v) is 1.22. The first-order chi connectivity index (χ1) is 8.15. The van der Waals surface area contributed by atoms with E-state index in [1.807, 2.05) is 44.2 Å². The molecule has 4 heteroatoms. The van der Waals surface area contributed by atoms with Crippen LogP contribution in [0.1, 0.15) is 13.8 Å². The van der Waals surface area contributed by atoms with Crippen molar-refractivity contribution in [2.45, 2.75) is 19.9 Å². The van der Waals surface area contributed by atoms with Crippen molar-refractivity contribution in [2.75, 3.05) is 5.73 Å². The molecule has 1 aromatic carbocycles. The summed E-state index contributed by atoms with van der Waals surface area (Å²) in [7, 11) is 0. The van der Waals surface area contributed by atoms with Crippen LogP contribution in [0.15, 0.2) is 41.5 Å². The van der Waals surface area contributed by atoms with Crippen molar-refractivity contribution in [3.8, 4) is 0 Å². The Bertz CT molecular complexity index is 526. The van der Waals surface area contributed by atoms with Crippen LogP contribution in [0.25, 0.3) is 10.9 Å². The second-order valence-electron chi connectivity index (χ2n) is 3.73. The molecule has 0 spiro atoms. The highest BCUT2D eigenvalue weighted by atomic mass is 16.1. The number of aliphatic imine (C=N–C) groups is 1. The lowest BCUT2D eigenvalue weighted by Crippen LogP contribution is -1.87. The lowest BCUT2D eigenvalue weighted by atomic mass is 10.2. The van der Waals surface area contributed by atoms with Gasteiger partial charge in [0.05, 0.1) is 11.6 Å². The van der Waals surface area contributed by atoms with Crippen LogP contribution in [0.5, 0.6) is 0 Å². The first-order valence-corrected chi connectivity index (χ1v) is 5.31. The molecule has 0 aliphatic rings. The summed E-state index contributed by atoms with van der Waals surface area (Å²) in [6.07, 6.45) is 3.16. The van der Waals surface area contributed by atoms with E-state index in [-0.39, 0.29) is 6.04 Å². The van der Waals surface area contributed by atoms with E-state index < -0.39 is 0 Å². The molecule has 17 heavy (non-hydrogen) atoms. The molecule has 0 atom stereocenters. The Morgan fingerprint density at radius 2 is 2.00 bits per heavy atom. The first kappa shape index (κ1) is 12.9. The molecular weight excluding hydrogens is 214 g/mol. The van der Waals surface area contributed by atoms with Crippen molar-refractivity contribution in [1.29, 1.82) is 0 Å². The number of pyridine rings is 1. The van der Waals surface area contributed by atoms with E-state index in [1.54, 1.807) is 6.20 Å². The average Bonchev–Trinajstić information content (AvgIpc) is 2.30. The number of hydrogen-bond acceptors (Lipinski definition) is 4. The fraction of sp³-hybridized carbons (Fsp3) is 0.231. The van der Waals surface area contributed by atoms with Crippen LogP contribution in [-0.2, 0) is 4.79 Å². The number of nitrogen functional groups attached to an aromatic ring is 1. The lowest BCUT2D eigenvalue weighted by Gasteiger charge is -1.97. The summed E-state index contributed by atoms with van der Waals surface area (Å²) in [6, 6.07) is 9.74. The monoisotopic (exact) mass is 229 g/mol. The summed E-state index contributed by atoms with van der Waals surface area (Å²) < 4.78 is 0. The molecule has 2 N–H and O–H groups in total. The van der Waals surface area contributed by atoms with Crippen molar-refractivity contribution in [3.05, 3.63) is 36.5 Å². The highest BCUT2D eigenvalue weighted by Gasteiger charge is 1.94. The summed E-state index contributed by atoms with van der Waals surface area (Å²) in [5.41, 5.74) is 7.46. The van der Waals surface area contributed by atoms with Gasteiger partial charge in [0.25, 0.3) is 0 Å². The van der Waals surface area contributed by atoms with Crippen LogP contribution >= 0.6 is 0 Å². The number of benzene rings is 1. The molecule has 1 aromatic heterocycles. The van der Waals surface area contributed by atoms with Gasteiger partial charge in [-0.25, -0.2) is 9.79 Å². The minimum Gasteiger partial charge on any atom is -0.398 e. The molecular formula is C13H15N3O. The zero-order valence-electron chi connectivity index (χ0n) is 9.92. The van der Waals surface area contributed by atoms with Crippen LogP contribution in [0.2, 0.25) is 0 Å². The first-order valence-electron chi connectivity index (χ1n) is 5.31. The van der Waals surface area contributed by atoms with Gasteiger partial charge < -0.3 is 5.73 Å². The lowest BCUT2D eigenvalue weighted by molar-refractivity contribution is 0.560. The van der Waals surface area contributed by atoms with Crippen LogP contribution in [0.3, 0.4) is 0 Å². The number of para-hydroxylation sites is 1. The predicted octanol–water partition coefficient (Wildman–Crippen LogP) is 2.55. The third-order valence-corrected chi connectivity index (χ3v) is 1.99. The largest absolute Gasteiger partial charge is 0.398 e. The van der Waals surface area contributed by atoms with Gasteiger partial charge in [0.15, 0.2) is 0 Å². The molecule has 0 saturated heterocycles. The van der Waals surface area contributed by atoms with Gasteiger partial charge in [-0.1, -0.05) is 18.2 Å². The molecule has 0 amide bonds. The van der Waals surface area contributed by atoms with Gasteiger partial charge in [-0.05, 0) is 26.0 Å². The minimum atomic E-state index is 0.0995. The van der Waals surface area contributed by atoms with Crippen molar-refractivity contribution >= 4 is 22.7 Å². The van der Waals surface area contributed by atoms with E-state index >= 15 is 0 Å². The zero-order chi connectivity index (χ0) is 12.7. The molecule has 2 rings (SSSR count). The van der Waals surface area contributed by atoms with E-state index in [0.717, 1.165) is 16.6 Å². The molecule has 2 aromatic rings. The number of carbonyl (C=O) groups excluding carboxylic acids is 1. The summed E-state index contributed by atoms with van der Waals surface area (Å²) in [4.78, 5) is 16.8. The maximum atomic E-state index is 9.32. The summed E-state index contributed by atoms with van der Waals surface area (Å²) in [5.74, 6) is 0. The molecule has 0 unspecified atom stereocenters. The summed E-state index contributed by atoms with van der Waals surface area (Å²) in [5, 5.41) is 1.02. The topological polar surface area (TPSA) is 68.3 Å². The molecule has 0 aliphatic heterocycles. The molecule has 0 bridgehead atoms. The van der Waals surface area contributed by atoms with Crippen LogP contribution in [0.4, 0.5) is 5.69 Å². The molecule has 88 valence electrons. The number of aromatic nitrogens is 1. The number of rotatable bonds is 1. The third kappa shape index (κ3) is 4.05. The number of anilines is 1. The van der Waals surface area contributed by atoms with E-state index in [2.05, 4.69) is 9.98 Å². The molecule has 0 aliphatic carbocycles. The number of hydrogen-bond donors (Lipinski definition) is 1. The van der Waals surface area contributed by atoms with Crippen molar-refractivity contribution in [3.63, 3.8) is 0 Å². The van der Waals surface area contributed by atoms with E-state index in [4.69, 9.17) is 5.73 Å². The normalized spacial score (nSPS) is 9.35. The average molecular weight is 229 g/mol. The van der Waals surface area contributed by atoms with Crippen molar-refractivity contribution in [1.82, 2.24) is 4.98 Å². The Labute approximate surface area is 100 Å². The second kappa shape index (κ2) is 6.40. The van der Waals surface area contributed by atoms with E-state index in [0.29, 0.717) is 0 Å². The van der Waals surface area contributed by atoms with Crippen LogP contribution < -0.4 is 5.73 Å². The number of nitrogens with two attached hydrogens (primary N) is 1. The highest BCUT2D eigenvalue weighted by molar-refractivity contribution is 5.89. The maximum absolute atomic E-state index is 9.32. The Balaban J connectivity index is 0.000000209. The number of isocyanates is 1. The quantitative estimate of drug-likeness (QED) is 0.603. The van der Waals surface area contributed by atoms with Gasteiger partial charge in [-0.2, -0.15) is 0 Å².